The molecule has 0 N–H and O–H groups in total. The maximum absolute atomic E-state index is 5.34. The van der Waals surface area contributed by atoms with Gasteiger partial charge in [0.1, 0.15) is 0 Å². The van der Waals surface area contributed by atoms with Crippen LogP contribution in [0.5, 0.6) is 5.75 Å². The molecule has 0 aliphatic carbocycles. The summed E-state index contributed by atoms with van der Waals surface area (Å²) >= 11 is 0. The van der Waals surface area contributed by atoms with Gasteiger partial charge in [0.15, 0.2) is 5.75 Å². The molecule has 0 saturated heterocycles. The summed E-state index contributed by atoms with van der Waals surface area (Å²) in [6, 6.07) is 23.3. The lowest BCUT2D eigenvalue weighted by Crippen LogP contribution is -1.93. The molecule has 0 fully saturated rings. The summed E-state index contributed by atoms with van der Waals surface area (Å²) in [6.45, 7) is 0. The number of rotatable bonds is 4. The fourth-order valence-electron chi connectivity index (χ4n) is 1.98. The zero-order valence-electron chi connectivity index (χ0n) is 11.4. The summed E-state index contributed by atoms with van der Waals surface area (Å²) in [5.41, 5.74) is 2.86. The van der Waals surface area contributed by atoms with Crippen molar-refractivity contribution in [3.63, 3.8) is 0 Å². The predicted octanol–water partition coefficient (Wildman–Crippen LogP) is 4.16. The first-order valence-electron chi connectivity index (χ1n) is 6.69. The zero-order chi connectivity index (χ0) is 14.3. The highest BCUT2D eigenvalue weighted by Crippen LogP contribution is 2.19. The van der Waals surface area contributed by atoms with Crippen LogP contribution in [0.4, 0.5) is 0 Å². The first-order chi connectivity index (χ1) is 10.4. The maximum atomic E-state index is 5.34. The smallest absolute Gasteiger partial charge is 0.157 e. The van der Waals surface area contributed by atoms with E-state index in [1.165, 1.54) is 0 Å². The first-order valence-corrected chi connectivity index (χ1v) is 6.69. The molecule has 0 amide bonds. The van der Waals surface area contributed by atoms with E-state index in [1.807, 2.05) is 72.8 Å². The van der Waals surface area contributed by atoms with Gasteiger partial charge in [-0.25, -0.2) is 0 Å². The molecule has 0 atom stereocenters. The zero-order valence-corrected chi connectivity index (χ0v) is 11.4. The molecular weight excluding hydrogens is 260 g/mol. The number of oxime groups is 1. The highest BCUT2D eigenvalue weighted by atomic mass is 16.6. The van der Waals surface area contributed by atoms with Gasteiger partial charge in [0.25, 0.3) is 0 Å². The minimum atomic E-state index is 0.707. The number of hydrogen-bond acceptors (Lipinski definition) is 3. The van der Waals surface area contributed by atoms with Gasteiger partial charge in [-0.05, 0) is 24.3 Å². The van der Waals surface area contributed by atoms with E-state index >= 15 is 0 Å². The van der Waals surface area contributed by atoms with Crippen LogP contribution in [0.15, 0.2) is 84.1 Å². The summed E-state index contributed by atoms with van der Waals surface area (Å²) in [5, 5.41) is 4.03. The second-order valence-corrected chi connectivity index (χ2v) is 4.45. The molecule has 1 aromatic heterocycles. The van der Waals surface area contributed by atoms with Crippen molar-refractivity contribution in [2.45, 2.75) is 0 Å². The molecule has 3 nitrogen and oxygen atoms in total. The van der Waals surface area contributed by atoms with Gasteiger partial charge < -0.3 is 4.84 Å². The predicted molar refractivity (Wildman–Crippen MR) is 84.3 cm³/mol. The van der Waals surface area contributed by atoms with Crippen LogP contribution in [-0.4, -0.2) is 11.2 Å². The molecule has 0 radical (unpaired) electrons. The van der Waals surface area contributed by atoms with Crippen LogP contribution in [-0.2, 0) is 0 Å². The number of para-hydroxylation sites is 1. The fraction of sp³-hybridized carbons (Fsp3) is 0. The Kier molecular flexibility index (Phi) is 4.03. The monoisotopic (exact) mass is 274 g/mol. The number of pyridine rings is 1. The van der Waals surface area contributed by atoms with E-state index in [2.05, 4.69) is 10.1 Å². The molecule has 3 rings (SSSR count). The van der Waals surface area contributed by atoms with Crippen molar-refractivity contribution >= 4 is 6.21 Å². The van der Waals surface area contributed by atoms with Gasteiger partial charge in [-0.1, -0.05) is 53.7 Å². The third-order valence-corrected chi connectivity index (χ3v) is 2.98. The van der Waals surface area contributed by atoms with Gasteiger partial charge in [-0.15, -0.1) is 0 Å². The van der Waals surface area contributed by atoms with Crippen molar-refractivity contribution < 1.29 is 4.84 Å². The van der Waals surface area contributed by atoms with Gasteiger partial charge in [-0.3, -0.25) is 4.98 Å². The molecular formula is C18H14N2O. The minimum Gasteiger partial charge on any atom is -0.357 e. The van der Waals surface area contributed by atoms with E-state index in [4.69, 9.17) is 4.84 Å². The molecule has 0 aliphatic heterocycles. The highest BCUT2D eigenvalue weighted by Gasteiger charge is 2.03. The number of benzene rings is 2. The van der Waals surface area contributed by atoms with E-state index in [-0.39, 0.29) is 0 Å². The first kappa shape index (κ1) is 13.1. The average molecular weight is 274 g/mol. The molecule has 3 heteroatoms. The van der Waals surface area contributed by atoms with Gasteiger partial charge in [-0.2, -0.15) is 0 Å². The quantitative estimate of drug-likeness (QED) is 0.529. The van der Waals surface area contributed by atoms with Crippen LogP contribution >= 0.6 is 0 Å². The second kappa shape index (κ2) is 6.48. The third-order valence-electron chi connectivity index (χ3n) is 2.98. The molecule has 102 valence electrons. The number of nitrogens with zero attached hydrogens (tertiary/aromatic N) is 2. The van der Waals surface area contributed by atoms with E-state index in [9.17, 15) is 0 Å². The normalized spacial score (nSPS) is 10.7. The summed E-state index contributed by atoms with van der Waals surface area (Å²) in [6.07, 6.45) is 3.46. The molecule has 0 bridgehead atoms. The van der Waals surface area contributed by atoms with E-state index in [0.29, 0.717) is 5.75 Å². The average Bonchev–Trinajstić information content (AvgIpc) is 2.57. The van der Waals surface area contributed by atoms with Crippen LogP contribution in [0.2, 0.25) is 0 Å². The fourth-order valence-corrected chi connectivity index (χ4v) is 1.98. The largest absolute Gasteiger partial charge is 0.357 e. The Morgan fingerprint density at radius 3 is 2.29 bits per heavy atom. The van der Waals surface area contributed by atoms with Crippen molar-refractivity contribution in [3.8, 4) is 17.0 Å². The summed E-state index contributed by atoms with van der Waals surface area (Å²) in [7, 11) is 0. The molecule has 21 heavy (non-hydrogen) atoms. The van der Waals surface area contributed by atoms with Crippen molar-refractivity contribution in [3.05, 3.63) is 84.6 Å². The van der Waals surface area contributed by atoms with E-state index in [1.54, 1.807) is 12.4 Å². The van der Waals surface area contributed by atoms with Crippen molar-refractivity contribution in [2.24, 2.45) is 5.16 Å². The molecule has 0 saturated carbocycles. The maximum Gasteiger partial charge on any atom is 0.157 e. The lowest BCUT2D eigenvalue weighted by atomic mass is 10.1. The SMILES string of the molecule is C(=N\Oc1ccccc1)/c1cccnc1-c1ccccc1. The third kappa shape index (κ3) is 3.34. The van der Waals surface area contributed by atoms with E-state index < -0.39 is 0 Å². The summed E-state index contributed by atoms with van der Waals surface area (Å²) in [5.74, 6) is 0.707. The van der Waals surface area contributed by atoms with Crippen LogP contribution in [0.3, 0.4) is 0 Å². The lowest BCUT2D eigenvalue weighted by Gasteiger charge is -2.04. The van der Waals surface area contributed by atoms with Crippen LogP contribution in [0.1, 0.15) is 5.56 Å². The van der Waals surface area contributed by atoms with Crippen LogP contribution in [0.25, 0.3) is 11.3 Å². The van der Waals surface area contributed by atoms with Crippen LogP contribution in [0, 0.1) is 0 Å². The Balaban J connectivity index is 1.83. The molecule has 0 unspecified atom stereocenters. The van der Waals surface area contributed by atoms with Gasteiger partial charge in [0, 0.05) is 17.3 Å². The lowest BCUT2D eigenvalue weighted by molar-refractivity contribution is 0.344. The molecule has 0 spiro atoms. The Bertz CT molecular complexity index is 724. The standard InChI is InChI=1S/C18H14N2O/c1-3-8-15(9-4-1)18-16(10-7-13-19-18)14-20-21-17-11-5-2-6-12-17/h1-14H/b20-14+. The van der Waals surface area contributed by atoms with Crippen molar-refractivity contribution in [1.82, 2.24) is 4.98 Å². The van der Waals surface area contributed by atoms with Gasteiger partial charge >= 0.3 is 0 Å². The summed E-state index contributed by atoms with van der Waals surface area (Å²) in [4.78, 5) is 9.77. The second-order valence-electron chi connectivity index (χ2n) is 4.45. The van der Waals surface area contributed by atoms with Crippen LogP contribution < -0.4 is 4.84 Å². The molecule has 0 aliphatic rings. The topological polar surface area (TPSA) is 34.5 Å². The van der Waals surface area contributed by atoms with Gasteiger partial charge in [0.05, 0.1) is 11.9 Å². The molecule has 1 heterocycles. The van der Waals surface area contributed by atoms with Crippen molar-refractivity contribution in [2.75, 3.05) is 0 Å². The number of hydrogen-bond donors (Lipinski definition) is 0. The van der Waals surface area contributed by atoms with Crippen molar-refractivity contribution in [1.29, 1.82) is 0 Å². The molecule has 3 aromatic rings. The van der Waals surface area contributed by atoms with Gasteiger partial charge in [0.2, 0.25) is 0 Å². The minimum absolute atomic E-state index is 0.707. The Morgan fingerprint density at radius 1 is 0.810 bits per heavy atom. The van der Waals surface area contributed by atoms with E-state index in [0.717, 1.165) is 16.8 Å². The highest BCUT2D eigenvalue weighted by molar-refractivity contribution is 5.88. The Hall–Kier alpha value is -2.94. The molecule has 2 aromatic carbocycles. The number of aromatic nitrogens is 1. The Labute approximate surface area is 123 Å². The Morgan fingerprint density at radius 2 is 1.52 bits per heavy atom. The summed E-state index contributed by atoms with van der Waals surface area (Å²) < 4.78 is 0.